The number of alkyl halides is 3. The van der Waals surface area contributed by atoms with Crippen LogP contribution in [0.15, 0.2) is 35.7 Å². The summed E-state index contributed by atoms with van der Waals surface area (Å²) in [7, 11) is 1.76. The van der Waals surface area contributed by atoms with E-state index in [1.807, 2.05) is 17.5 Å². The molecular weight excluding hydrogens is 299 g/mol. The number of thiophene rings is 1. The number of nitrogens with one attached hydrogen (secondary N) is 1. The fourth-order valence-electron chi connectivity index (χ4n) is 1.98. The van der Waals surface area contributed by atoms with Gasteiger partial charge in [-0.05, 0) is 29.6 Å². The second kappa shape index (κ2) is 5.77. The number of nitrogens with two attached hydrogens (primary N) is 1. The summed E-state index contributed by atoms with van der Waals surface area (Å²) in [5.74, 6) is -0.380. The molecule has 3 nitrogen and oxygen atoms in total. The van der Waals surface area contributed by atoms with Crippen molar-refractivity contribution >= 4 is 22.9 Å². The lowest BCUT2D eigenvalue weighted by atomic mass is 10.1. The van der Waals surface area contributed by atoms with Crippen LogP contribution in [0.25, 0.3) is 0 Å². The highest BCUT2D eigenvalue weighted by atomic mass is 32.1. The molecule has 0 spiro atoms. The van der Waals surface area contributed by atoms with Crippen molar-refractivity contribution in [2.75, 3.05) is 11.9 Å². The number of nitrogens with zero attached hydrogens (tertiary/aromatic N) is 1. The number of amidine groups is 1. The molecule has 0 aliphatic heterocycles. The molecular formula is C14H14F3N3S. The molecule has 0 atom stereocenters. The summed E-state index contributed by atoms with van der Waals surface area (Å²) in [4.78, 5) is 2.86. The SMILES string of the molecule is CN(Cc1cccs1)c1ccc(C(F)(F)F)cc1C(=N)N. The monoisotopic (exact) mass is 313 g/mol. The Labute approximate surface area is 124 Å². The van der Waals surface area contributed by atoms with E-state index in [1.165, 1.54) is 6.07 Å². The molecule has 0 amide bonds. The Morgan fingerprint density at radius 3 is 2.57 bits per heavy atom. The molecule has 21 heavy (non-hydrogen) atoms. The first kappa shape index (κ1) is 15.4. The van der Waals surface area contributed by atoms with Gasteiger partial charge in [0.25, 0.3) is 0 Å². The third-order valence-corrected chi connectivity index (χ3v) is 3.86. The number of benzene rings is 1. The summed E-state index contributed by atoms with van der Waals surface area (Å²) < 4.78 is 38.2. The molecule has 0 saturated carbocycles. The topological polar surface area (TPSA) is 53.1 Å². The van der Waals surface area contributed by atoms with Gasteiger partial charge >= 0.3 is 6.18 Å². The number of rotatable bonds is 4. The summed E-state index contributed by atoms with van der Waals surface area (Å²) in [6.45, 7) is 0.545. The lowest BCUT2D eigenvalue weighted by Gasteiger charge is -2.22. The average Bonchev–Trinajstić information content (AvgIpc) is 2.89. The molecule has 0 radical (unpaired) electrons. The molecule has 0 aliphatic carbocycles. The molecule has 0 bridgehead atoms. The maximum atomic E-state index is 12.7. The third-order valence-electron chi connectivity index (χ3n) is 3.00. The Balaban J connectivity index is 2.36. The second-order valence-electron chi connectivity index (χ2n) is 4.58. The standard InChI is InChI=1S/C14H14F3N3S/c1-20(8-10-3-2-6-21-10)12-5-4-9(14(15,16)17)7-11(12)13(18)19/h2-7H,8H2,1H3,(H3,18,19). The zero-order chi connectivity index (χ0) is 15.6. The predicted molar refractivity (Wildman–Crippen MR) is 78.9 cm³/mol. The van der Waals surface area contributed by atoms with Crippen molar-refractivity contribution in [2.24, 2.45) is 5.73 Å². The van der Waals surface area contributed by atoms with Gasteiger partial charge in [0, 0.05) is 23.2 Å². The van der Waals surface area contributed by atoms with Gasteiger partial charge in [-0.3, -0.25) is 5.41 Å². The van der Waals surface area contributed by atoms with Crippen LogP contribution < -0.4 is 10.6 Å². The summed E-state index contributed by atoms with van der Waals surface area (Å²) >= 11 is 1.56. The second-order valence-corrected chi connectivity index (χ2v) is 5.61. The summed E-state index contributed by atoms with van der Waals surface area (Å²) in [5.41, 5.74) is 5.22. The van der Waals surface area contributed by atoms with Gasteiger partial charge in [-0.2, -0.15) is 13.2 Å². The minimum absolute atomic E-state index is 0.0869. The van der Waals surface area contributed by atoms with E-state index in [0.29, 0.717) is 12.2 Å². The number of halogens is 3. The van der Waals surface area contributed by atoms with E-state index in [4.69, 9.17) is 11.1 Å². The van der Waals surface area contributed by atoms with E-state index < -0.39 is 11.7 Å². The Bertz CT molecular complexity index is 635. The minimum Gasteiger partial charge on any atom is -0.384 e. The highest BCUT2D eigenvalue weighted by Gasteiger charge is 2.31. The van der Waals surface area contributed by atoms with Gasteiger partial charge in [0.05, 0.1) is 12.1 Å². The van der Waals surface area contributed by atoms with Crippen molar-refractivity contribution < 1.29 is 13.2 Å². The molecule has 2 aromatic rings. The van der Waals surface area contributed by atoms with E-state index >= 15 is 0 Å². The van der Waals surface area contributed by atoms with Crippen LogP contribution in [0.5, 0.6) is 0 Å². The third kappa shape index (κ3) is 3.55. The quantitative estimate of drug-likeness (QED) is 0.668. The Morgan fingerprint density at radius 1 is 1.33 bits per heavy atom. The Kier molecular flexibility index (Phi) is 4.22. The molecule has 0 saturated heterocycles. The van der Waals surface area contributed by atoms with Gasteiger partial charge in [-0.25, -0.2) is 0 Å². The first-order valence-corrected chi connectivity index (χ1v) is 6.96. The van der Waals surface area contributed by atoms with Crippen LogP contribution >= 0.6 is 11.3 Å². The summed E-state index contributed by atoms with van der Waals surface area (Å²) in [6.07, 6.45) is -4.45. The molecule has 1 heterocycles. The molecule has 3 N–H and O–H groups in total. The number of hydrogen-bond donors (Lipinski definition) is 2. The maximum absolute atomic E-state index is 12.7. The predicted octanol–water partition coefficient (Wildman–Crippen LogP) is 3.69. The van der Waals surface area contributed by atoms with E-state index in [-0.39, 0.29) is 11.4 Å². The highest BCUT2D eigenvalue weighted by Crippen LogP contribution is 2.33. The molecule has 1 aromatic carbocycles. The minimum atomic E-state index is -4.45. The van der Waals surface area contributed by atoms with Crippen LogP contribution in [-0.2, 0) is 12.7 Å². The summed E-state index contributed by atoms with van der Waals surface area (Å²) in [6, 6.07) is 7.13. The van der Waals surface area contributed by atoms with E-state index in [0.717, 1.165) is 17.0 Å². The Hall–Kier alpha value is -2.02. The smallest absolute Gasteiger partial charge is 0.384 e. The molecule has 1 aromatic heterocycles. The number of anilines is 1. The molecule has 7 heteroatoms. The van der Waals surface area contributed by atoms with E-state index in [2.05, 4.69) is 0 Å². The normalized spacial score (nSPS) is 11.4. The lowest BCUT2D eigenvalue weighted by Crippen LogP contribution is -2.22. The van der Waals surface area contributed by atoms with Crippen molar-refractivity contribution in [3.8, 4) is 0 Å². The number of hydrogen-bond acceptors (Lipinski definition) is 3. The largest absolute Gasteiger partial charge is 0.416 e. The molecule has 2 rings (SSSR count). The zero-order valence-electron chi connectivity index (χ0n) is 11.2. The zero-order valence-corrected chi connectivity index (χ0v) is 12.1. The summed E-state index contributed by atoms with van der Waals surface area (Å²) in [5, 5.41) is 9.44. The maximum Gasteiger partial charge on any atom is 0.416 e. The first-order chi connectivity index (χ1) is 9.79. The van der Waals surface area contributed by atoms with Gasteiger partial charge < -0.3 is 10.6 Å². The van der Waals surface area contributed by atoms with Crippen LogP contribution in [0.1, 0.15) is 16.0 Å². The van der Waals surface area contributed by atoms with Gasteiger partial charge in [-0.1, -0.05) is 6.07 Å². The highest BCUT2D eigenvalue weighted by molar-refractivity contribution is 7.09. The fourth-order valence-corrected chi connectivity index (χ4v) is 2.74. The van der Waals surface area contributed by atoms with Crippen molar-refractivity contribution in [1.29, 1.82) is 5.41 Å². The van der Waals surface area contributed by atoms with Gasteiger partial charge in [0.2, 0.25) is 0 Å². The van der Waals surface area contributed by atoms with Crippen LogP contribution in [0.3, 0.4) is 0 Å². The van der Waals surface area contributed by atoms with Crippen LogP contribution in [-0.4, -0.2) is 12.9 Å². The Morgan fingerprint density at radius 2 is 2.05 bits per heavy atom. The van der Waals surface area contributed by atoms with Gasteiger partial charge in [0.1, 0.15) is 5.84 Å². The molecule has 0 unspecified atom stereocenters. The van der Waals surface area contributed by atoms with E-state index in [9.17, 15) is 13.2 Å². The van der Waals surface area contributed by atoms with Crippen molar-refractivity contribution in [2.45, 2.75) is 12.7 Å². The molecule has 0 aliphatic rings. The number of nitrogen functional groups attached to an aromatic ring is 1. The van der Waals surface area contributed by atoms with Gasteiger partial charge in [-0.15, -0.1) is 11.3 Å². The van der Waals surface area contributed by atoms with Crippen molar-refractivity contribution in [3.63, 3.8) is 0 Å². The van der Waals surface area contributed by atoms with Crippen molar-refractivity contribution in [3.05, 3.63) is 51.7 Å². The first-order valence-electron chi connectivity index (χ1n) is 6.08. The van der Waals surface area contributed by atoms with Crippen LogP contribution in [0, 0.1) is 5.41 Å². The fraction of sp³-hybridized carbons (Fsp3) is 0.214. The van der Waals surface area contributed by atoms with E-state index in [1.54, 1.807) is 23.3 Å². The molecule has 112 valence electrons. The van der Waals surface area contributed by atoms with Crippen LogP contribution in [0.4, 0.5) is 18.9 Å². The lowest BCUT2D eigenvalue weighted by molar-refractivity contribution is -0.137. The van der Waals surface area contributed by atoms with Crippen LogP contribution in [0.2, 0.25) is 0 Å². The van der Waals surface area contributed by atoms with Gasteiger partial charge in [0.15, 0.2) is 0 Å². The molecule has 0 fully saturated rings. The van der Waals surface area contributed by atoms with Crippen molar-refractivity contribution in [1.82, 2.24) is 0 Å². The average molecular weight is 313 g/mol.